The van der Waals surface area contributed by atoms with E-state index in [4.69, 9.17) is 0 Å². The first-order valence-electron chi connectivity index (χ1n) is 14.6. The number of nitrogens with one attached hydrogen (secondary N) is 1. The van der Waals surface area contributed by atoms with Gasteiger partial charge in [0.05, 0.1) is 16.5 Å². The van der Waals surface area contributed by atoms with Crippen LogP contribution in [0.4, 0.5) is 0 Å². The van der Waals surface area contributed by atoms with Crippen molar-refractivity contribution >= 4 is 33.1 Å². The van der Waals surface area contributed by atoms with E-state index in [1.54, 1.807) is 83.2 Å². The average Bonchev–Trinajstić information content (AvgIpc) is 3.44. The number of carbonyl (C=O) groups excluding carboxylic acids is 2. The van der Waals surface area contributed by atoms with Crippen LogP contribution in [0, 0.1) is 23.2 Å². The Morgan fingerprint density at radius 2 is 1.69 bits per heavy atom. The fourth-order valence-electron chi connectivity index (χ4n) is 6.69. The first-order valence-corrected chi connectivity index (χ1v) is 17.0. The van der Waals surface area contributed by atoms with Gasteiger partial charge in [-0.05, 0) is 76.5 Å². The van der Waals surface area contributed by atoms with E-state index in [0.29, 0.717) is 42.9 Å². The van der Waals surface area contributed by atoms with Crippen LogP contribution in [0.3, 0.4) is 0 Å². The first-order chi connectivity index (χ1) is 21.8. The highest BCUT2D eigenvalue weighted by Crippen LogP contribution is 2.53. The summed E-state index contributed by atoms with van der Waals surface area (Å²) in [5, 5.41) is 16.7. The molecule has 1 N–H and O–H groups in total. The van der Waals surface area contributed by atoms with E-state index in [9.17, 15) is 23.3 Å². The predicted molar refractivity (Wildman–Crippen MR) is 168 cm³/mol. The van der Waals surface area contributed by atoms with Gasteiger partial charge < -0.3 is 5.32 Å². The fourth-order valence-corrected chi connectivity index (χ4v) is 8.89. The lowest BCUT2D eigenvalue weighted by Crippen LogP contribution is -2.51. The molecule has 1 unspecified atom stereocenters. The molecule has 9 nitrogen and oxygen atoms in total. The molecule has 4 aromatic rings. The summed E-state index contributed by atoms with van der Waals surface area (Å²) in [4.78, 5) is 34.4. The number of allylic oxidation sites excluding steroid dienone is 1. The summed E-state index contributed by atoms with van der Waals surface area (Å²) < 4.78 is 28.2. The van der Waals surface area contributed by atoms with Crippen molar-refractivity contribution in [3.8, 4) is 6.07 Å². The van der Waals surface area contributed by atoms with Crippen molar-refractivity contribution in [1.82, 2.24) is 19.5 Å². The molecule has 0 bridgehead atoms. The van der Waals surface area contributed by atoms with Crippen LogP contribution < -0.4 is 5.32 Å². The molecule has 3 fully saturated rings. The number of carbonyl (C=O) groups is 2. The summed E-state index contributed by atoms with van der Waals surface area (Å²) in [7, 11) is -3.66. The molecule has 4 atom stereocenters. The second-order valence-electron chi connectivity index (χ2n) is 11.8. The minimum absolute atomic E-state index is 0.0551. The number of nitrogens with zero attached hydrogens (tertiary/aromatic N) is 4. The maximum atomic E-state index is 14.7. The second kappa shape index (κ2) is 11.4. The van der Waals surface area contributed by atoms with E-state index in [-0.39, 0.29) is 34.5 Å². The van der Waals surface area contributed by atoms with Crippen molar-refractivity contribution < 1.29 is 18.0 Å². The minimum Gasteiger partial charge on any atom is -0.357 e. The van der Waals surface area contributed by atoms with Gasteiger partial charge in [-0.3, -0.25) is 19.5 Å². The highest BCUT2D eigenvalue weighted by Gasteiger charge is 2.65. The number of fused-ring (bicyclic) bond motifs is 1. The highest BCUT2D eigenvalue weighted by atomic mass is 32.2. The highest BCUT2D eigenvalue weighted by molar-refractivity contribution is 7.89. The zero-order valence-electron chi connectivity index (χ0n) is 24.1. The normalized spacial score (nSPS) is 25.1. The number of thiophene rings is 1. The maximum Gasteiger partial charge on any atom is 0.254 e. The molecule has 0 spiro atoms. The number of rotatable bonds is 9. The van der Waals surface area contributed by atoms with Gasteiger partial charge in [0.25, 0.3) is 5.91 Å². The van der Waals surface area contributed by atoms with E-state index in [2.05, 4.69) is 16.4 Å². The van der Waals surface area contributed by atoms with Gasteiger partial charge in [-0.1, -0.05) is 18.2 Å². The van der Waals surface area contributed by atoms with E-state index in [1.807, 2.05) is 29.0 Å². The molecule has 1 aliphatic carbocycles. The minimum atomic E-state index is -3.66. The van der Waals surface area contributed by atoms with Crippen molar-refractivity contribution in [1.29, 1.82) is 5.26 Å². The first kappa shape index (κ1) is 29.1. The molecule has 4 heterocycles. The van der Waals surface area contributed by atoms with Crippen LogP contribution in [-0.4, -0.2) is 59.0 Å². The van der Waals surface area contributed by atoms with Crippen molar-refractivity contribution in [2.75, 3.05) is 13.1 Å². The summed E-state index contributed by atoms with van der Waals surface area (Å²) in [6, 6.07) is 22.4. The molecule has 11 heteroatoms. The van der Waals surface area contributed by atoms with Gasteiger partial charge in [0.2, 0.25) is 10.0 Å². The number of ketones is 1. The lowest BCUT2D eigenvalue weighted by Gasteiger charge is -2.28. The van der Waals surface area contributed by atoms with Crippen LogP contribution in [-0.2, 0) is 27.7 Å². The number of hydrogen-bond donors (Lipinski definition) is 1. The van der Waals surface area contributed by atoms with Gasteiger partial charge in [-0.2, -0.15) is 20.9 Å². The zero-order chi connectivity index (χ0) is 31.2. The SMILES string of the molecule is N#Cc1ccc(C(=O)/C=C2\NC(Cc3ccncc3)(Cc3ccsc3)C(=O)N2[C@H]2[C@@H]3CN(S(=O)(=O)c4ccccc4)C[C@@H]32)cc1. The molecule has 2 aromatic carbocycles. The van der Waals surface area contributed by atoms with Crippen LogP contribution >= 0.6 is 11.3 Å². The molecule has 3 aliphatic rings. The van der Waals surface area contributed by atoms with E-state index in [0.717, 1.165) is 11.1 Å². The third-order valence-corrected chi connectivity index (χ3v) is 11.5. The Morgan fingerprint density at radius 1 is 1.00 bits per heavy atom. The van der Waals surface area contributed by atoms with E-state index in [1.165, 1.54) is 10.4 Å². The number of aromatic nitrogens is 1. The molecule has 2 aromatic heterocycles. The smallest absolute Gasteiger partial charge is 0.254 e. The van der Waals surface area contributed by atoms with Crippen molar-refractivity contribution in [3.63, 3.8) is 0 Å². The summed E-state index contributed by atoms with van der Waals surface area (Å²) in [5.41, 5.74) is 1.72. The molecule has 1 amide bonds. The quantitative estimate of drug-likeness (QED) is 0.218. The average molecular weight is 636 g/mol. The van der Waals surface area contributed by atoms with Crippen molar-refractivity contribution in [3.05, 3.63) is 130 Å². The Labute approximate surface area is 265 Å². The zero-order valence-corrected chi connectivity index (χ0v) is 25.7. The van der Waals surface area contributed by atoms with Gasteiger partial charge in [0, 0.05) is 67.8 Å². The van der Waals surface area contributed by atoms with Gasteiger partial charge >= 0.3 is 0 Å². The number of sulfonamides is 1. The summed E-state index contributed by atoms with van der Waals surface area (Å²) in [5.74, 6) is -0.132. The summed E-state index contributed by atoms with van der Waals surface area (Å²) in [6.07, 6.45) is 5.65. The number of amides is 1. The van der Waals surface area contributed by atoms with E-state index >= 15 is 0 Å². The van der Waals surface area contributed by atoms with Crippen LogP contribution in [0.1, 0.15) is 27.0 Å². The second-order valence-corrected chi connectivity index (χ2v) is 14.5. The van der Waals surface area contributed by atoms with Gasteiger partial charge in [0.1, 0.15) is 11.4 Å². The number of nitriles is 1. The van der Waals surface area contributed by atoms with Crippen molar-refractivity contribution in [2.45, 2.75) is 29.3 Å². The number of piperidine rings is 1. The Balaban J connectivity index is 1.23. The summed E-state index contributed by atoms with van der Waals surface area (Å²) in [6.45, 7) is 0.601. The molecular formula is C34H29N5O4S2. The molecule has 7 rings (SSSR count). The monoisotopic (exact) mass is 635 g/mol. The number of hydrogen-bond acceptors (Lipinski definition) is 8. The molecular weight excluding hydrogens is 607 g/mol. The Bertz CT molecular complexity index is 1910. The standard InChI is InChI=1S/C34H29N5O4S2/c35-19-24-6-8-26(9-7-24)30(40)16-31-37-34(18-25-12-15-44-22-25,17-23-10-13-36-14-11-23)33(41)39(31)32-28-20-38(21-29(28)32)45(42,43)27-4-2-1-3-5-27/h1-16,22,28-29,32,37H,17-18,20-21H2/b31-16+/t28-,29+,32+,34?. The predicted octanol–water partition coefficient (Wildman–Crippen LogP) is 4.01. The van der Waals surface area contributed by atoms with Gasteiger partial charge in [0.15, 0.2) is 5.78 Å². The summed E-state index contributed by atoms with van der Waals surface area (Å²) >= 11 is 1.56. The third-order valence-electron chi connectivity index (χ3n) is 8.96. The topological polar surface area (TPSA) is 123 Å². The Morgan fingerprint density at radius 3 is 2.33 bits per heavy atom. The van der Waals surface area contributed by atoms with Crippen LogP contribution in [0.5, 0.6) is 0 Å². The van der Waals surface area contributed by atoms with Crippen LogP contribution in [0.15, 0.2) is 113 Å². The molecule has 0 radical (unpaired) electrons. The third kappa shape index (κ3) is 5.35. The van der Waals surface area contributed by atoms with Gasteiger partial charge in [-0.15, -0.1) is 0 Å². The Hall–Kier alpha value is -4.63. The number of pyridine rings is 1. The maximum absolute atomic E-state index is 14.7. The van der Waals surface area contributed by atoms with Crippen LogP contribution in [0.2, 0.25) is 0 Å². The molecule has 1 saturated carbocycles. The van der Waals surface area contributed by atoms with E-state index < -0.39 is 15.6 Å². The fraction of sp³-hybridized carbons (Fsp3) is 0.235. The number of benzene rings is 2. The van der Waals surface area contributed by atoms with Crippen LogP contribution in [0.25, 0.3) is 0 Å². The van der Waals surface area contributed by atoms with Gasteiger partial charge in [-0.25, -0.2) is 8.42 Å². The molecule has 45 heavy (non-hydrogen) atoms. The molecule has 2 saturated heterocycles. The van der Waals surface area contributed by atoms with Crippen molar-refractivity contribution in [2.24, 2.45) is 11.8 Å². The lowest BCUT2D eigenvalue weighted by molar-refractivity contribution is -0.132. The molecule has 226 valence electrons. The molecule has 2 aliphatic heterocycles. The largest absolute Gasteiger partial charge is 0.357 e. The Kier molecular flexibility index (Phi) is 7.36. The lowest BCUT2D eigenvalue weighted by atomic mass is 9.85.